The third-order valence-corrected chi connectivity index (χ3v) is 4.83. The van der Waals surface area contributed by atoms with Crippen LogP contribution in [0.4, 0.5) is 4.39 Å². The first-order valence-corrected chi connectivity index (χ1v) is 9.04. The van der Waals surface area contributed by atoms with E-state index in [0.717, 1.165) is 16.8 Å². The number of nitrogens with zero attached hydrogens (tertiary/aromatic N) is 2. The number of aryl methyl sites for hydroxylation is 2. The molecule has 27 heavy (non-hydrogen) atoms. The molecule has 136 valence electrons. The van der Waals surface area contributed by atoms with E-state index in [1.54, 1.807) is 12.1 Å². The molecule has 3 aromatic carbocycles. The van der Waals surface area contributed by atoms with Gasteiger partial charge in [-0.2, -0.15) is 0 Å². The minimum atomic E-state index is -0.274. The van der Waals surface area contributed by atoms with Crippen molar-refractivity contribution < 1.29 is 9.13 Å². The predicted molar refractivity (Wildman–Crippen MR) is 107 cm³/mol. The number of rotatable bonds is 5. The lowest BCUT2D eigenvalue weighted by Gasteiger charge is -2.12. The van der Waals surface area contributed by atoms with Crippen LogP contribution >= 0.6 is 0 Å². The number of imidazole rings is 1. The van der Waals surface area contributed by atoms with E-state index in [1.807, 2.05) is 47.0 Å². The van der Waals surface area contributed by atoms with Crippen molar-refractivity contribution in [3.05, 3.63) is 83.7 Å². The van der Waals surface area contributed by atoms with Crippen molar-refractivity contribution in [2.75, 3.05) is 6.61 Å². The van der Waals surface area contributed by atoms with Crippen molar-refractivity contribution in [1.29, 1.82) is 0 Å². The van der Waals surface area contributed by atoms with E-state index in [2.05, 4.69) is 24.9 Å². The highest BCUT2D eigenvalue weighted by atomic mass is 19.1. The summed E-state index contributed by atoms with van der Waals surface area (Å²) in [7, 11) is 0. The third-order valence-electron chi connectivity index (χ3n) is 4.83. The third kappa shape index (κ3) is 3.43. The molecule has 0 spiro atoms. The maximum atomic E-state index is 14.4. The zero-order chi connectivity index (χ0) is 18.8. The zero-order valence-corrected chi connectivity index (χ0v) is 15.4. The fourth-order valence-corrected chi connectivity index (χ4v) is 3.21. The van der Waals surface area contributed by atoms with Gasteiger partial charge in [0.1, 0.15) is 24.0 Å². The van der Waals surface area contributed by atoms with Gasteiger partial charge in [0, 0.05) is 0 Å². The first-order chi connectivity index (χ1) is 13.1. The summed E-state index contributed by atoms with van der Waals surface area (Å²) < 4.78 is 22.3. The molecule has 3 nitrogen and oxygen atoms in total. The van der Waals surface area contributed by atoms with Crippen LogP contribution in [0.3, 0.4) is 0 Å². The smallest absolute Gasteiger partial charge is 0.144 e. The Morgan fingerprint density at radius 3 is 2.52 bits per heavy atom. The molecule has 4 aromatic rings. The molecular weight excluding hydrogens is 339 g/mol. The lowest BCUT2D eigenvalue weighted by Crippen LogP contribution is -2.10. The first kappa shape index (κ1) is 17.3. The van der Waals surface area contributed by atoms with Gasteiger partial charge in [0.05, 0.1) is 23.1 Å². The van der Waals surface area contributed by atoms with E-state index < -0.39 is 0 Å². The van der Waals surface area contributed by atoms with Crippen LogP contribution in [0.1, 0.15) is 11.1 Å². The fraction of sp³-hybridized carbons (Fsp3) is 0.174. The molecule has 0 aliphatic carbocycles. The molecule has 0 aliphatic heterocycles. The van der Waals surface area contributed by atoms with Gasteiger partial charge >= 0.3 is 0 Å². The van der Waals surface area contributed by atoms with Gasteiger partial charge in [0.2, 0.25) is 0 Å². The molecule has 0 amide bonds. The minimum Gasteiger partial charge on any atom is -0.492 e. The van der Waals surface area contributed by atoms with Gasteiger partial charge in [0.15, 0.2) is 0 Å². The van der Waals surface area contributed by atoms with E-state index >= 15 is 0 Å². The van der Waals surface area contributed by atoms with Crippen LogP contribution in [0, 0.1) is 19.7 Å². The molecule has 1 heterocycles. The summed E-state index contributed by atoms with van der Waals surface area (Å²) in [5.41, 5.74) is 4.76. The standard InChI is InChI=1S/C23H21FN2O/c1-16-11-12-18(15-17(16)2)27-14-13-26-22-10-6-5-9-21(22)25-23(26)19-7-3-4-8-20(19)24/h3-12,15H,13-14H2,1-2H3. The molecule has 0 atom stereocenters. The Bertz CT molecular complexity index is 1100. The Kier molecular flexibility index (Phi) is 4.63. The van der Waals surface area contributed by atoms with Crippen LogP contribution in [-0.2, 0) is 6.54 Å². The molecule has 0 saturated heterocycles. The summed E-state index contributed by atoms with van der Waals surface area (Å²) in [6.07, 6.45) is 0. The largest absolute Gasteiger partial charge is 0.492 e. The maximum absolute atomic E-state index is 14.4. The van der Waals surface area contributed by atoms with E-state index in [4.69, 9.17) is 4.74 Å². The van der Waals surface area contributed by atoms with Gasteiger partial charge in [-0.15, -0.1) is 0 Å². The van der Waals surface area contributed by atoms with E-state index in [9.17, 15) is 4.39 Å². The van der Waals surface area contributed by atoms with Crippen molar-refractivity contribution in [2.24, 2.45) is 0 Å². The number of para-hydroxylation sites is 2. The second kappa shape index (κ2) is 7.23. The molecule has 0 radical (unpaired) electrons. The summed E-state index contributed by atoms with van der Waals surface area (Å²) in [5, 5.41) is 0. The average Bonchev–Trinajstić information content (AvgIpc) is 3.03. The predicted octanol–water partition coefficient (Wildman–Crippen LogP) is 5.54. The summed E-state index contributed by atoms with van der Waals surface area (Å²) in [6, 6.07) is 20.7. The highest BCUT2D eigenvalue weighted by Crippen LogP contribution is 2.27. The monoisotopic (exact) mass is 360 g/mol. The van der Waals surface area contributed by atoms with Gasteiger partial charge in [-0.1, -0.05) is 30.3 Å². The molecule has 0 fully saturated rings. The summed E-state index contributed by atoms with van der Waals surface area (Å²) >= 11 is 0. The number of fused-ring (bicyclic) bond motifs is 1. The van der Waals surface area contributed by atoms with Gasteiger partial charge in [0.25, 0.3) is 0 Å². The summed E-state index contributed by atoms with van der Waals surface area (Å²) in [6.45, 7) is 5.21. The number of hydrogen-bond acceptors (Lipinski definition) is 2. The van der Waals surface area contributed by atoms with Gasteiger partial charge in [-0.3, -0.25) is 0 Å². The SMILES string of the molecule is Cc1ccc(OCCn2c(-c3ccccc3F)nc3ccccc32)cc1C. The van der Waals surface area contributed by atoms with Crippen LogP contribution in [0.15, 0.2) is 66.7 Å². The maximum Gasteiger partial charge on any atom is 0.144 e. The molecule has 1 aromatic heterocycles. The second-order valence-corrected chi connectivity index (χ2v) is 6.65. The Labute approximate surface area is 158 Å². The van der Waals surface area contributed by atoms with Crippen molar-refractivity contribution in [3.63, 3.8) is 0 Å². The van der Waals surface area contributed by atoms with Crippen LogP contribution in [-0.4, -0.2) is 16.2 Å². The molecule has 4 heteroatoms. The van der Waals surface area contributed by atoms with Crippen LogP contribution in [0.5, 0.6) is 5.75 Å². The highest BCUT2D eigenvalue weighted by Gasteiger charge is 2.15. The lowest BCUT2D eigenvalue weighted by molar-refractivity contribution is 0.300. The minimum absolute atomic E-state index is 0.274. The van der Waals surface area contributed by atoms with E-state index in [-0.39, 0.29) is 5.82 Å². The number of halogens is 1. The Morgan fingerprint density at radius 1 is 0.926 bits per heavy atom. The first-order valence-electron chi connectivity index (χ1n) is 9.04. The number of hydrogen-bond donors (Lipinski definition) is 0. The van der Waals surface area contributed by atoms with Crippen molar-refractivity contribution in [3.8, 4) is 17.1 Å². The molecule has 0 aliphatic rings. The van der Waals surface area contributed by atoms with E-state index in [1.165, 1.54) is 17.2 Å². The lowest BCUT2D eigenvalue weighted by atomic mass is 10.1. The molecule has 0 bridgehead atoms. The van der Waals surface area contributed by atoms with Crippen molar-refractivity contribution in [1.82, 2.24) is 9.55 Å². The molecule has 0 saturated carbocycles. The Hall–Kier alpha value is -3.14. The molecular formula is C23H21FN2O. The van der Waals surface area contributed by atoms with Crippen LogP contribution in [0.25, 0.3) is 22.4 Å². The fourth-order valence-electron chi connectivity index (χ4n) is 3.21. The van der Waals surface area contributed by atoms with Crippen molar-refractivity contribution >= 4 is 11.0 Å². The molecule has 0 unspecified atom stereocenters. The quantitative estimate of drug-likeness (QED) is 0.467. The van der Waals surface area contributed by atoms with Crippen LogP contribution in [0.2, 0.25) is 0 Å². The Balaban J connectivity index is 1.65. The van der Waals surface area contributed by atoms with E-state index in [0.29, 0.717) is 24.5 Å². The number of aromatic nitrogens is 2. The topological polar surface area (TPSA) is 27.1 Å². The summed E-state index contributed by atoms with van der Waals surface area (Å²) in [4.78, 5) is 4.66. The van der Waals surface area contributed by atoms with Gasteiger partial charge in [-0.25, -0.2) is 9.37 Å². The molecule has 4 rings (SSSR count). The number of benzene rings is 3. The van der Waals surface area contributed by atoms with Gasteiger partial charge < -0.3 is 9.30 Å². The zero-order valence-electron chi connectivity index (χ0n) is 15.4. The van der Waals surface area contributed by atoms with Crippen LogP contribution < -0.4 is 4.74 Å². The average molecular weight is 360 g/mol. The second-order valence-electron chi connectivity index (χ2n) is 6.65. The van der Waals surface area contributed by atoms with Crippen molar-refractivity contribution in [2.45, 2.75) is 20.4 Å². The number of ether oxygens (including phenoxy) is 1. The summed E-state index contributed by atoms with van der Waals surface area (Å²) in [5.74, 6) is 1.19. The molecule has 0 N–H and O–H groups in total. The highest BCUT2D eigenvalue weighted by molar-refractivity contribution is 5.80. The van der Waals surface area contributed by atoms with Gasteiger partial charge in [-0.05, 0) is 61.4 Å². The normalized spacial score (nSPS) is 11.1. The Morgan fingerprint density at radius 2 is 1.70 bits per heavy atom.